The Morgan fingerprint density at radius 1 is 1.12 bits per heavy atom. The molecule has 7 heteroatoms. The number of nitrogens with zero attached hydrogens (tertiary/aromatic N) is 1. The van der Waals surface area contributed by atoms with Crippen molar-refractivity contribution in [2.24, 2.45) is 5.92 Å². The van der Waals surface area contributed by atoms with Crippen LogP contribution in [0.1, 0.15) is 53.4 Å². The first-order valence-electron chi connectivity index (χ1n) is 8.88. The number of fused-ring (bicyclic) bond motifs is 1. The molecule has 0 saturated carbocycles. The SMILES string of the molecule is CC(C)(C)c1nc2ccc(Cl)c(S(=O)(=O)C(C)(C)C3CCOCC3)c2o1. The van der Waals surface area contributed by atoms with Crippen molar-refractivity contribution < 1.29 is 17.6 Å². The molecule has 0 spiro atoms. The normalized spacial score (nSPS) is 17.8. The van der Waals surface area contributed by atoms with E-state index < -0.39 is 14.6 Å². The zero-order valence-corrected chi connectivity index (χ0v) is 17.5. The Balaban J connectivity index is 2.19. The molecule has 144 valence electrons. The monoisotopic (exact) mass is 399 g/mol. The second-order valence-corrected chi connectivity index (χ2v) is 11.4. The van der Waals surface area contributed by atoms with Crippen LogP contribution in [0.3, 0.4) is 0 Å². The van der Waals surface area contributed by atoms with Gasteiger partial charge in [0.2, 0.25) is 5.89 Å². The molecule has 26 heavy (non-hydrogen) atoms. The molecule has 0 aliphatic carbocycles. The fraction of sp³-hybridized carbons (Fsp3) is 0.632. The van der Waals surface area contributed by atoms with E-state index in [0.717, 1.165) is 0 Å². The van der Waals surface area contributed by atoms with Gasteiger partial charge in [-0.25, -0.2) is 13.4 Å². The van der Waals surface area contributed by atoms with Gasteiger partial charge in [-0.05, 0) is 44.7 Å². The molecule has 1 aromatic carbocycles. The summed E-state index contributed by atoms with van der Waals surface area (Å²) in [5.41, 5.74) is 0.436. The maximum atomic E-state index is 13.6. The van der Waals surface area contributed by atoms with Crippen molar-refractivity contribution in [2.45, 2.75) is 62.5 Å². The Bertz CT molecular complexity index is 919. The fourth-order valence-corrected chi connectivity index (χ4v) is 5.76. The van der Waals surface area contributed by atoms with E-state index in [9.17, 15) is 8.42 Å². The maximum absolute atomic E-state index is 13.6. The smallest absolute Gasteiger partial charge is 0.200 e. The van der Waals surface area contributed by atoms with Crippen molar-refractivity contribution in [1.82, 2.24) is 4.98 Å². The van der Waals surface area contributed by atoms with Gasteiger partial charge in [-0.3, -0.25) is 0 Å². The van der Waals surface area contributed by atoms with E-state index in [2.05, 4.69) is 4.98 Å². The Labute approximate surface area is 160 Å². The van der Waals surface area contributed by atoms with Crippen LogP contribution in [0.25, 0.3) is 11.1 Å². The quantitative estimate of drug-likeness (QED) is 0.744. The third kappa shape index (κ3) is 3.16. The lowest BCUT2D eigenvalue weighted by atomic mass is 9.88. The third-order valence-corrected chi connectivity index (χ3v) is 8.36. The zero-order valence-electron chi connectivity index (χ0n) is 15.9. The van der Waals surface area contributed by atoms with Crippen LogP contribution >= 0.6 is 11.6 Å². The minimum absolute atomic E-state index is 0.00224. The van der Waals surface area contributed by atoms with E-state index in [1.165, 1.54) is 0 Å². The van der Waals surface area contributed by atoms with Crippen molar-refractivity contribution in [2.75, 3.05) is 13.2 Å². The number of benzene rings is 1. The van der Waals surface area contributed by atoms with Gasteiger partial charge in [0.05, 0.1) is 9.77 Å². The van der Waals surface area contributed by atoms with Crippen LogP contribution in [0.2, 0.25) is 5.02 Å². The molecule has 0 amide bonds. The van der Waals surface area contributed by atoms with Crippen molar-refractivity contribution in [3.8, 4) is 0 Å². The van der Waals surface area contributed by atoms with Gasteiger partial charge in [-0.1, -0.05) is 32.4 Å². The Morgan fingerprint density at radius 3 is 2.31 bits per heavy atom. The number of oxazole rings is 1. The summed E-state index contributed by atoms with van der Waals surface area (Å²) in [6, 6.07) is 3.29. The molecule has 0 bridgehead atoms. The minimum Gasteiger partial charge on any atom is -0.439 e. The van der Waals surface area contributed by atoms with Gasteiger partial charge in [0.15, 0.2) is 15.4 Å². The predicted octanol–water partition coefficient (Wildman–Crippen LogP) is 4.76. The standard InChI is InChI=1S/C19H26ClNO4S/c1-18(2,3)17-21-14-7-6-13(20)16(15(14)25-17)26(22,23)19(4,5)12-8-10-24-11-9-12/h6-7,12H,8-11H2,1-5H3. The molecule has 5 nitrogen and oxygen atoms in total. The summed E-state index contributed by atoms with van der Waals surface area (Å²) in [7, 11) is -3.75. The first kappa shape index (κ1) is 19.6. The highest BCUT2D eigenvalue weighted by atomic mass is 35.5. The van der Waals surface area contributed by atoms with E-state index >= 15 is 0 Å². The van der Waals surface area contributed by atoms with Crippen molar-refractivity contribution >= 4 is 32.5 Å². The Kier molecular flexibility index (Phi) is 4.91. The van der Waals surface area contributed by atoms with Crippen molar-refractivity contribution in [3.05, 3.63) is 23.0 Å². The second kappa shape index (κ2) is 6.50. The lowest BCUT2D eigenvalue weighted by Crippen LogP contribution is -2.42. The molecule has 2 aromatic rings. The largest absolute Gasteiger partial charge is 0.439 e. The summed E-state index contributed by atoms with van der Waals surface area (Å²) in [4.78, 5) is 4.54. The summed E-state index contributed by atoms with van der Waals surface area (Å²) in [6.45, 7) is 10.6. The van der Waals surface area contributed by atoms with Crippen LogP contribution in [0, 0.1) is 5.92 Å². The molecule has 2 heterocycles. The number of hydrogen-bond acceptors (Lipinski definition) is 5. The van der Waals surface area contributed by atoms with Gasteiger partial charge in [0.1, 0.15) is 10.4 Å². The molecule has 1 aliphatic rings. The van der Waals surface area contributed by atoms with E-state index in [-0.39, 0.29) is 26.8 Å². The molecule has 3 rings (SSSR count). The third-order valence-electron chi connectivity index (χ3n) is 5.27. The molecule has 0 atom stereocenters. The van der Waals surface area contributed by atoms with E-state index in [1.54, 1.807) is 26.0 Å². The maximum Gasteiger partial charge on any atom is 0.200 e. The Hall–Kier alpha value is -1.11. The number of halogens is 1. The fourth-order valence-electron chi connectivity index (χ4n) is 3.39. The molecule has 1 aliphatic heterocycles. The van der Waals surface area contributed by atoms with Crippen molar-refractivity contribution in [3.63, 3.8) is 0 Å². The number of ether oxygens (including phenoxy) is 1. The topological polar surface area (TPSA) is 69.4 Å². The van der Waals surface area contributed by atoms with Gasteiger partial charge in [-0.15, -0.1) is 0 Å². The van der Waals surface area contributed by atoms with Gasteiger partial charge in [-0.2, -0.15) is 0 Å². The molecule has 1 aromatic heterocycles. The first-order chi connectivity index (χ1) is 12.0. The summed E-state index contributed by atoms with van der Waals surface area (Å²) < 4.78 is 37.6. The van der Waals surface area contributed by atoms with Gasteiger partial charge in [0, 0.05) is 18.6 Å². The highest BCUT2D eigenvalue weighted by Gasteiger charge is 2.45. The molecular formula is C19H26ClNO4S. The summed E-state index contributed by atoms with van der Waals surface area (Å²) in [6.07, 6.45) is 1.42. The second-order valence-electron chi connectivity index (χ2n) is 8.49. The van der Waals surface area contributed by atoms with E-state index in [1.807, 2.05) is 20.8 Å². The zero-order chi connectivity index (χ0) is 19.3. The highest BCUT2D eigenvalue weighted by molar-refractivity contribution is 7.93. The average molecular weight is 400 g/mol. The molecule has 1 fully saturated rings. The summed E-state index contributed by atoms with van der Waals surface area (Å²) >= 11 is 6.36. The number of sulfone groups is 1. The number of rotatable bonds is 3. The molecule has 1 saturated heterocycles. The number of hydrogen-bond donors (Lipinski definition) is 0. The lowest BCUT2D eigenvalue weighted by molar-refractivity contribution is 0.0564. The average Bonchev–Trinajstić information content (AvgIpc) is 2.99. The van der Waals surface area contributed by atoms with Crippen molar-refractivity contribution in [1.29, 1.82) is 0 Å². The van der Waals surface area contributed by atoms with Gasteiger partial charge < -0.3 is 9.15 Å². The van der Waals surface area contributed by atoms with Crippen LogP contribution in [0.15, 0.2) is 21.4 Å². The number of aromatic nitrogens is 1. The predicted molar refractivity (Wildman–Crippen MR) is 103 cm³/mol. The molecule has 0 radical (unpaired) electrons. The van der Waals surface area contributed by atoms with E-state index in [4.69, 9.17) is 20.8 Å². The Morgan fingerprint density at radius 2 is 1.73 bits per heavy atom. The first-order valence-corrected chi connectivity index (χ1v) is 10.7. The minimum atomic E-state index is -3.75. The van der Waals surface area contributed by atoms with Crippen LogP contribution in [0.4, 0.5) is 0 Å². The van der Waals surface area contributed by atoms with Crippen LogP contribution in [-0.2, 0) is 20.0 Å². The summed E-state index contributed by atoms with van der Waals surface area (Å²) in [5.74, 6) is 0.493. The highest BCUT2D eigenvalue weighted by Crippen LogP contribution is 2.43. The summed E-state index contributed by atoms with van der Waals surface area (Å²) in [5, 5.41) is 0.175. The van der Waals surface area contributed by atoms with Gasteiger partial charge >= 0.3 is 0 Å². The van der Waals surface area contributed by atoms with Crippen LogP contribution in [0.5, 0.6) is 0 Å². The van der Waals surface area contributed by atoms with Crippen LogP contribution in [-0.4, -0.2) is 31.4 Å². The van der Waals surface area contributed by atoms with Gasteiger partial charge in [0.25, 0.3) is 0 Å². The molecule has 0 N–H and O–H groups in total. The van der Waals surface area contributed by atoms with E-state index in [0.29, 0.717) is 37.5 Å². The molecule has 0 unspecified atom stereocenters. The van der Waals surface area contributed by atoms with Crippen LogP contribution < -0.4 is 0 Å². The molecular weight excluding hydrogens is 374 g/mol. The lowest BCUT2D eigenvalue weighted by Gasteiger charge is -2.36.